The molecule has 2 aromatic rings. The summed E-state index contributed by atoms with van der Waals surface area (Å²) in [5, 5.41) is 4.43. The van der Waals surface area contributed by atoms with Crippen LogP contribution in [0.1, 0.15) is 34.2 Å². The van der Waals surface area contributed by atoms with Crippen molar-refractivity contribution in [1.29, 1.82) is 0 Å². The van der Waals surface area contributed by atoms with Gasteiger partial charge in [0.25, 0.3) is 0 Å². The van der Waals surface area contributed by atoms with E-state index in [4.69, 9.17) is 4.74 Å². The van der Waals surface area contributed by atoms with E-state index in [2.05, 4.69) is 39.9 Å². The van der Waals surface area contributed by atoms with Gasteiger partial charge in [0.1, 0.15) is 0 Å². The molecule has 1 unspecified atom stereocenters. The van der Waals surface area contributed by atoms with E-state index in [0.717, 1.165) is 28.9 Å². The van der Waals surface area contributed by atoms with Gasteiger partial charge in [0.2, 0.25) is 5.95 Å². The van der Waals surface area contributed by atoms with Crippen molar-refractivity contribution in [3.05, 3.63) is 27.5 Å². The Labute approximate surface area is 124 Å². The molecule has 0 fully saturated rings. The fourth-order valence-electron chi connectivity index (χ4n) is 2.27. The van der Waals surface area contributed by atoms with Gasteiger partial charge in [-0.1, -0.05) is 0 Å². The van der Waals surface area contributed by atoms with E-state index in [-0.39, 0.29) is 6.04 Å². The summed E-state index contributed by atoms with van der Waals surface area (Å²) < 4.78 is 7.24. The first-order valence-electron chi connectivity index (χ1n) is 6.75. The van der Waals surface area contributed by atoms with E-state index in [9.17, 15) is 0 Å². The van der Waals surface area contributed by atoms with E-state index in [1.807, 2.05) is 13.8 Å². The molecule has 5 nitrogen and oxygen atoms in total. The molecule has 0 saturated heterocycles. The number of hydrogen-bond acceptors (Lipinski definition) is 5. The lowest BCUT2D eigenvalue weighted by molar-refractivity contribution is 0.210. The summed E-state index contributed by atoms with van der Waals surface area (Å²) in [7, 11) is 1.70. The normalized spacial score (nSPS) is 12.7. The standard InChI is InChI=1S/C14H22N4OS/c1-9-8-18(14(16-9)15-6-7-19-5)11(3)13-10(2)17-12(4)20-13/h8,11H,6-7H2,1-5H3,(H,15,16). The number of nitrogens with one attached hydrogen (secondary N) is 1. The van der Waals surface area contributed by atoms with E-state index >= 15 is 0 Å². The molecule has 1 N–H and O–H groups in total. The molecule has 1 atom stereocenters. The number of thiazole rings is 1. The van der Waals surface area contributed by atoms with Gasteiger partial charge in [0, 0.05) is 19.9 Å². The minimum Gasteiger partial charge on any atom is -0.383 e. The number of aryl methyl sites for hydroxylation is 3. The van der Waals surface area contributed by atoms with Crippen LogP contribution in [0.25, 0.3) is 0 Å². The highest BCUT2D eigenvalue weighted by atomic mass is 32.1. The summed E-state index contributed by atoms with van der Waals surface area (Å²) in [6, 6.07) is 0.229. The SMILES string of the molecule is COCCNc1nc(C)cn1C(C)c1sc(C)nc1C. The lowest BCUT2D eigenvalue weighted by atomic mass is 10.2. The Kier molecular flexibility index (Phi) is 4.77. The molecule has 0 radical (unpaired) electrons. The van der Waals surface area contributed by atoms with Crippen LogP contribution >= 0.6 is 11.3 Å². The summed E-state index contributed by atoms with van der Waals surface area (Å²) >= 11 is 1.75. The third-order valence-electron chi connectivity index (χ3n) is 3.18. The van der Waals surface area contributed by atoms with Gasteiger partial charge < -0.3 is 14.6 Å². The Morgan fingerprint density at radius 1 is 1.35 bits per heavy atom. The molecule has 0 saturated carbocycles. The van der Waals surface area contributed by atoms with Crippen molar-refractivity contribution in [2.75, 3.05) is 25.6 Å². The van der Waals surface area contributed by atoms with Crippen LogP contribution in [0.2, 0.25) is 0 Å². The zero-order chi connectivity index (χ0) is 14.7. The van der Waals surface area contributed by atoms with Crippen LogP contribution in [0.3, 0.4) is 0 Å². The number of imidazole rings is 1. The van der Waals surface area contributed by atoms with Crippen molar-refractivity contribution >= 4 is 17.3 Å². The van der Waals surface area contributed by atoms with Gasteiger partial charge in [-0.25, -0.2) is 9.97 Å². The highest BCUT2D eigenvalue weighted by Crippen LogP contribution is 2.29. The van der Waals surface area contributed by atoms with Crippen molar-refractivity contribution in [2.45, 2.75) is 33.7 Å². The van der Waals surface area contributed by atoms with Crippen molar-refractivity contribution in [3.8, 4) is 0 Å². The first-order chi connectivity index (χ1) is 9.52. The van der Waals surface area contributed by atoms with E-state index in [1.54, 1.807) is 18.4 Å². The molecule has 0 amide bonds. The van der Waals surface area contributed by atoms with E-state index in [1.165, 1.54) is 4.88 Å². The van der Waals surface area contributed by atoms with Gasteiger partial charge in [-0.3, -0.25) is 0 Å². The molecule has 0 spiro atoms. The number of rotatable bonds is 6. The molecule has 0 aliphatic rings. The lowest BCUT2D eigenvalue weighted by Crippen LogP contribution is -2.15. The second kappa shape index (κ2) is 6.37. The summed E-state index contributed by atoms with van der Waals surface area (Å²) in [5.41, 5.74) is 2.12. The minimum atomic E-state index is 0.229. The lowest BCUT2D eigenvalue weighted by Gasteiger charge is -2.16. The van der Waals surface area contributed by atoms with Gasteiger partial charge in [0.05, 0.1) is 33.9 Å². The molecule has 2 rings (SSSR count). The van der Waals surface area contributed by atoms with Gasteiger partial charge >= 0.3 is 0 Å². The molecule has 0 aromatic carbocycles. The number of anilines is 1. The average Bonchev–Trinajstić information content (AvgIpc) is 2.92. The van der Waals surface area contributed by atoms with Crippen molar-refractivity contribution < 1.29 is 4.74 Å². The predicted molar refractivity (Wildman–Crippen MR) is 82.7 cm³/mol. The monoisotopic (exact) mass is 294 g/mol. The third-order valence-corrected chi connectivity index (χ3v) is 4.42. The summed E-state index contributed by atoms with van der Waals surface area (Å²) in [6.07, 6.45) is 2.08. The Hall–Kier alpha value is -1.40. The summed E-state index contributed by atoms with van der Waals surface area (Å²) in [5.74, 6) is 0.887. The largest absolute Gasteiger partial charge is 0.383 e. The Morgan fingerprint density at radius 2 is 2.10 bits per heavy atom. The maximum absolute atomic E-state index is 5.07. The zero-order valence-electron chi connectivity index (χ0n) is 12.7. The van der Waals surface area contributed by atoms with Crippen LogP contribution in [0.5, 0.6) is 0 Å². The van der Waals surface area contributed by atoms with Crippen molar-refractivity contribution in [2.24, 2.45) is 0 Å². The number of ether oxygens (including phenoxy) is 1. The molecule has 0 bridgehead atoms. The van der Waals surface area contributed by atoms with Crippen LogP contribution in [0.15, 0.2) is 6.20 Å². The number of aromatic nitrogens is 3. The van der Waals surface area contributed by atoms with Crippen LogP contribution in [0, 0.1) is 20.8 Å². The second-order valence-electron chi connectivity index (χ2n) is 4.89. The van der Waals surface area contributed by atoms with E-state index in [0.29, 0.717) is 6.61 Å². The van der Waals surface area contributed by atoms with E-state index < -0.39 is 0 Å². The predicted octanol–water partition coefficient (Wildman–Crippen LogP) is 2.93. The van der Waals surface area contributed by atoms with Crippen molar-refractivity contribution in [1.82, 2.24) is 14.5 Å². The molecule has 0 aliphatic heterocycles. The molecule has 0 aliphatic carbocycles. The van der Waals surface area contributed by atoms with Gasteiger partial charge in [-0.15, -0.1) is 11.3 Å². The molecule has 6 heteroatoms. The van der Waals surface area contributed by atoms with Crippen LogP contribution in [-0.2, 0) is 4.74 Å². The van der Waals surface area contributed by atoms with Gasteiger partial charge in [0.15, 0.2) is 0 Å². The number of nitrogens with zero attached hydrogens (tertiary/aromatic N) is 3. The second-order valence-corrected chi connectivity index (χ2v) is 6.13. The van der Waals surface area contributed by atoms with Gasteiger partial charge in [-0.2, -0.15) is 0 Å². The summed E-state index contributed by atoms with van der Waals surface area (Å²) in [6.45, 7) is 9.72. The first kappa shape index (κ1) is 15.0. The Bertz CT molecular complexity index is 576. The van der Waals surface area contributed by atoms with Gasteiger partial charge in [-0.05, 0) is 27.7 Å². The number of methoxy groups -OCH3 is 1. The van der Waals surface area contributed by atoms with Crippen LogP contribution < -0.4 is 5.32 Å². The molecule has 110 valence electrons. The quantitative estimate of drug-likeness (QED) is 0.832. The maximum atomic E-state index is 5.07. The fraction of sp³-hybridized carbons (Fsp3) is 0.571. The van der Waals surface area contributed by atoms with Crippen LogP contribution in [0.4, 0.5) is 5.95 Å². The number of hydrogen-bond donors (Lipinski definition) is 1. The molecular weight excluding hydrogens is 272 g/mol. The fourth-order valence-corrected chi connectivity index (χ4v) is 3.25. The third kappa shape index (κ3) is 3.19. The van der Waals surface area contributed by atoms with Crippen LogP contribution in [-0.4, -0.2) is 34.8 Å². The molecule has 2 heterocycles. The zero-order valence-corrected chi connectivity index (χ0v) is 13.5. The molecule has 20 heavy (non-hydrogen) atoms. The maximum Gasteiger partial charge on any atom is 0.203 e. The first-order valence-corrected chi connectivity index (χ1v) is 7.56. The molecule has 2 aromatic heterocycles. The molecular formula is C14H22N4OS. The Morgan fingerprint density at radius 3 is 2.70 bits per heavy atom. The summed E-state index contributed by atoms with van der Waals surface area (Å²) in [4.78, 5) is 10.3. The topological polar surface area (TPSA) is 52.0 Å². The minimum absolute atomic E-state index is 0.229. The highest BCUT2D eigenvalue weighted by Gasteiger charge is 2.18. The smallest absolute Gasteiger partial charge is 0.203 e. The highest BCUT2D eigenvalue weighted by molar-refractivity contribution is 7.11. The Balaban J connectivity index is 2.25. The average molecular weight is 294 g/mol. The van der Waals surface area contributed by atoms with Crippen molar-refractivity contribution in [3.63, 3.8) is 0 Å².